The second-order valence-corrected chi connectivity index (χ2v) is 4.74. The highest BCUT2D eigenvalue weighted by molar-refractivity contribution is 6.31. The van der Waals surface area contributed by atoms with Crippen LogP contribution in [0.4, 0.5) is 0 Å². The van der Waals surface area contributed by atoms with E-state index in [1.165, 1.54) is 5.57 Å². The Kier molecular flexibility index (Phi) is 4.39. The molecule has 0 fully saturated rings. The minimum Gasteiger partial charge on any atom is -0.313 e. The van der Waals surface area contributed by atoms with Crippen LogP contribution in [-0.2, 0) is 0 Å². The van der Waals surface area contributed by atoms with Gasteiger partial charge in [-0.05, 0) is 38.1 Å². The fourth-order valence-corrected chi connectivity index (χ4v) is 2.09. The predicted octanol–water partition coefficient (Wildman–Crippen LogP) is 3.39. The molecule has 0 aliphatic rings. The summed E-state index contributed by atoms with van der Waals surface area (Å²) in [6.07, 6.45) is 5.21. The Balaban J connectivity index is 2.25. The van der Waals surface area contributed by atoms with Crippen molar-refractivity contribution in [2.24, 2.45) is 0 Å². The molecule has 2 rings (SSSR count). The van der Waals surface area contributed by atoms with Crippen molar-refractivity contribution in [1.29, 1.82) is 0 Å². The number of rotatable bonds is 5. The lowest BCUT2D eigenvalue weighted by atomic mass is 10.2. The Bertz CT molecular complexity index is 557. The van der Waals surface area contributed by atoms with Gasteiger partial charge in [-0.15, -0.1) is 0 Å². The summed E-state index contributed by atoms with van der Waals surface area (Å²) in [6, 6.07) is 5.89. The molecule has 2 heterocycles. The SMILES string of the molecule is CCCNCC(C)=Cc1c(Cl)nc2ccccn12. The Labute approximate surface area is 112 Å². The topological polar surface area (TPSA) is 29.3 Å². The minimum absolute atomic E-state index is 0.552. The van der Waals surface area contributed by atoms with Crippen molar-refractivity contribution in [3.05, 3.63) is 40.8 Å². The van der Waals surface area contributed by atoms with Crippen molar-refractivity contribution < 1.29 is 0 Å². The monoisotopic (exact) mass is 263 g/mol. The first-order chi connectivity index (χ1) is 8.72. The Morgan fingerprint density at radius 2 is 2.33 bits per heavy atom. The third-order valence-electron chi connectivity index (χ3n) is 2.74. The van der Waals surface area contributed by atoms with Crippen molar-refractivity contribution in [3.63, 3.8) is 0 Å². The van der Waals surface area contributed by atoms with Gasteiger partial charge in [0.15, 0.2) is 5.15 Å². The van der Waals surface area contributed by atoms with E-state index in [9.17, 15) is 0 Å². The van der Waals surface area contributed by atoms with E-state index in [1.54, 1.807) is 0 Å². The average Bonchev–Trinajstić information content (AvgIpc) is 2.67. The summed E-state index contributed by atoms with van der Waals surface area (Å²) >= 11 is 6.18. The number of nitrogens with one attached hydrogen (secondary N) is 1. The highest BCUT2D eigenvalue weighted by Gasteiger charge is 2.07. The van der Waals surface area contributed by atoms with E-state index < -0.39 is 0 Å². The first-order valence-corrected chi connectivity index (χ1v) is 6.60. The van der Waals surface area contributed by atoms with Crippen LogP contribution in [0.25, 0.3) is 11.7 Å². The quantitative estimate of drug-likeness (QED) is 0.838. The molecule has 0 aromatic carbocycles. The Hall–Kier alpha value is -1.32. The number of nitrogens with zero attached hydrogens (tertiary/aromatic N) is 2. The molecule has 0 atom stereocenters. The van der Waals surface area contributed by atoms with Crippen LogP contribution in [0, 0.1) is 0 Å². The Morgan fingerprint density at radius 3 is 3.11 bits per heavy atom. The van der Waals surface area contributed by atoms with Crippen molar-refractivity contribution in [2.45, 2.75) is 20.3 Å². The molecule has 0 bridgehead atoms. The number of imidazole rings is 1. The smallest absolute Gasteiger partial charge is 0.155 e. The fourth-order valence-electron chi connectivity index (χ4n) is 1.86. The van der Waals surface area contributed by atoms with Crippen LogP contribution >= 0.6 is 11.6 Å². The van der Waals surface area contributed by atoms with E-state index in [0.29, 0.717) is 5.15 Å². The zero-order valence-corrected chi connectivity index (χ0v) is 11.5. The second-order valence-electron chi connectivity index (χ2n) is 4.38. The summed E-state index contributed by atoms with van der Waals surface area (Å²) in [5.41, 5.74) is 3.07. The third-order valence-corrected chi connectivity index (χ3v) is 3.01. The minimum atomic E-state index is 0.552. The molecule has 0 aliphatic carbocycles. The molecule has 0 radical (unpaired) electrons. The lowest BCUT2D eigenvalue weighted by Crippen LogP contribution is -2.16. The second kappa shape index (κ2) is 6.03. The molecule has 2 aromatic rings. The highest BCUT2D eigenvalue weighted by atomic mass is 35.5. The van der Waals surface area contributed by atoms with E-state index in [-0.39, 0.29) is 0 Å². The normalized spacial score (nSPS) is 12.3. The molecule has 4 heteroatoms. The zero-order chi connectivity index (χ0) is 13.0. The molecule has 0 amide bonds. The van der Waals surface area contributed by atoms with Crippen LogP contribution in [0.5, 0.6) is 0 Å². The summed E-state index contributed by atoms with van der Waals surface area (Å²) in [7, 11) is 0. The molecule has 3 nitrogen and oxygen atoms in total. The van der Waals surface area contributed by atoms with Gasteiger partial charge in [0.25, 0.3) is 0 Å². The van der Waals surface area contributed by atoms with Gasteiger partial charge in [0.05, 0.1) is 5.69 Å². The van der Waals surface area contributed by atoms with Crippen LogP contribution in [0.1, 0.15) is 26.0 Å². The first-order valence-electron chi connectivity index (χ1n) is 6.23. The van der Waals surface area contributed by atoms with Crippen molar-refractivity contribution in [2.75, 3.05) is 13.1 Å². The molecular weight excluding hydrogens is 246 g/mol. The first kappa shape index (κ1) is 13.1. The van der Waals surface area contributed by atoms with Crippen LogP contribution in [0.15, 0.2) is 30.0 Å². The van der Waals surface area contributed by atoms with Crippen molar-refractivity contribution >= 4 is 23.3 Å². The molecule has 0 unspecified atom stereocenters. The van der Waals surface area contributed by atoms with E-state index >= 15 is 0 Å². The summed E-state index contributed by atoms with van der Waals surface area (Å²) in [5.74, 6) is 0. The largest absolute Gasteiger partial charge is 0.313 e. The van der Waals surface area contributed by atoms with Gasteiger partial charge in [-0.1, -0.05) is 30.2 Å². The van der Waals surface area contributed by atoms with Crippen LogP contribution in [-0.4, -0.2) is 22.5 Å². The number of pyridine rings is 1. The van der Waals surface area contributed by atoms with E-state index in [0.717, 1.165) is 30.9 Å². The average molecular weight is 264 g/mol. The van der Waals surface area contributed by atoms with Gasteiger partial charge in [-0.25, -0.2) is 4.98 Å². The number of hydrogen-bond donors (Lipinski definition) is 1. The summed E-state index contributed by atoms with van der Waals surface area (Å²) in [5, 5.41) is 3.93. The molecule has 0 saturated heterocycles. The molecule has 0 aliphatic heterocycles. The van der Waals surface area contributed by atoms with Gasteiger partial charge in [0.2, 0.25) is 0 Å². The summed E-state index contributed by atoms with van der Waals surface area (Å²) < 4.78 is 2.01. The van der Waals surface area contributed by atoms with Gasteiger partial charge >= 0.3 is 0 Å². The van der Waals surface area contributed by atoms with Gasteiger partial charge in [-0.2, -0.15) is 0 Å². The highest BCUT2D eigenvalue weighted by Crippen LogP contribution is 2.20. The standard InChI is InChI=1S/C14H18ClN3/c1-3-7-16-10-11(2)9-12-14(15)17-13-6-4-5-8-18(12)13/h4-6,8-9,16H,3,7,10H2,1-2H3. The summed E-state index contributed by atoms with van der Waals surface area (Å²) in [6.45, 7) is 6.17. The van der Waals surface area contributed by atoms with Crippen molar-refractivity contribution in [1.82, 2.24) is 14.7 Å². The maximum Gasteiger partial charge on any atom is 0.155 e. The van der Waals surface area contributed by atoms with Crippen molar-refractivity contribution in [3.8, 4) is 0 Å². The molecule has 96 valence electrons. The van der Waals surface area contributed by atoms with Gasteiger partial charge < -0.3 is 5.32 Å². The third kappa shape index (κ3) is 2.92. The van der Waals surface area contributed by atoms with Crippen LogP contribution in [0.3, 0.4) is 0 Å². The maximum atomic E-state index is 6.18. The lowest BCUT2D eigenvalue weighted by molar-refractivity contribution is 0.715. The summed E-state index contributed by atoms with van der Waals surface area (Å²) in [4.78, 5) is 4.33. The van der Waals surface area contributed by atoms with E-state index in [2.05, 4.69) is 30.2 Å². The maximum absolute atomic E-state index is 6.18. The van der Waals surface area contributed by atoms with E-state index in [4.69, 9.17) is 11.6 Å². The van der Waals surface area contributed by atoms with E-state index in [1.807, 2.05) is 28.8 Å². The molecule has 0 saturated carbocycles. The molecular formula is C14H18ClN3. The van der Waals surface area contributed by atoms with Crippen LogP contribution < -0.4 is 5.32 Å². The Morgan fingerprint density at radius 1 is 1.50 bits per heavy atom. The molecule has 2 aromatic heterocycles. The predicted molar refractivity (Wildman–Crippen MR) is 77.0 cm³/mol. The van der Waals surface area contributed by atoms with Gasteiger partial charge in [0.1, 0.15) is 5.65 Å². The molecule has 0 spiro atoms. The van der Waals surface area contributed by atoms with Crippen LogP contribution in [0.2, 0.25) is 5.15 Å². The molecule has 1 N–H and O–H groups in total. The number of hydrogen-bond acceptors (Lipinski definition) is 2. The lowest BCUT2D eigenvalue weighted by Gasteiger charge is -2.03. The zero-order valence-electron chi connectivity index (χ0n) is 10.8. The number of aromatic nitrogens is 2. The van der Waals surface area contributed by atoms with Gasteiger partial charge in [0, 0.05) is 12.7 Å². The number of halogens is 1. The molecule has 18 heavy (non-hydrogen) atoms. The fraction of sp³-hybridized carbons (Fsp3) is 0.357. The number of fused-ring (bicyclic) bond motifs is 1. The van der Waals surface area contributed by atoms with Gasteiger partial charge in [-0.3, -0.25) is 4.40 Å².